The van der Waals surface area contributed by atoms with Crippen molar-refractivity contribution in [2.24, 2.45) is 0 Å². The van der Waals surface area contributed by atoms with E-state index in [0.717, 1.165) is 5.76 Å². The van der Waals surface area contributed by atoms with Crippen LogP contribution in [0.3, 0.4) is 0 Å². The van der Waals surface area contributed by atoms with Gasteiger partial charge >= 0.3 is 0 Å². The van der Waals surface area contributed by atoms with Crippen LogP contribution in [0.2, 0.25) is 0 Å². The van der Waals surface area contributed by atoms with E-state index < -0.39 is 0 Å². The standard InChI is InChI=1S/C10H13FO.C2H6/c1-8(2)12-10-5-3-4-9(11)6-7-10;1-2/h3-4,6-8H,5H2,1-2H3;1-2H3. The van der Waals surface area contributed by atoms with E-state index in [0.29, 0.717) is 6.42 Å². The molecule has 0 fully saturated rings. The van der Waals surface area contributed by atoms with E-state index in [1.807, 2.05) is 27.7 Å². The maximum atomic E-state index is 12.6. The molecule has 0 aromatic heterocycles. The van der Waals surface area contributed by atoms with Crippen LogP contribution < -0.4 is 0 Å². The fourth-order valence-electron chi connectivity index (χ4n) is 0.974. The van der Waals surface area contributed by atoms with Crippen molar-refractivity contribution in [1.29, 1.82) is 0 Å². The smallest absolute Gasteiger partial charge is 0.123 e. The van der Waals surface area contributed by atoms with E-state index >= 15 is 0 Å². The summed E-state index contributed by atoms with van der Waals surface area (Å²) < 4.78 is 18.0. The van der Waals surface area contributed by atoms with Gasteiger partial charge in [-0.3, -0.25) is 0 Å². The van der Waals surface area contributed by atoms with Crippen LogP contribution >= 0.6 is 0 Å². The van der Waals surface area contributed by atoms with Crippen LogP contribution in [0.1, 0.15) is 34.1 Å². The molecule has 0 atom stereocenters. The number of allylic oxidation sites excluding steroid dienone is 5. The topological polar surface area (TPSA) is 9.23 Å². The molecule has 0 N–H and O–H groups in total. The van der Waals surface area contributed by atoms with Crippen LogP contribution in [-0.4, -0.2) is 6.10 Å². The lowest BCUT2D eigenvalue weighted by Gasteiger charge is -2.10. The number of halogens is 1. The molecule has 0 aliphatic heterocycles. The highest BCUT2D eigenvalue weighted by Crippen LogP contribution is 2.14. The van der Waals surface area contributed by atoms with Crippen LogP contribution in [0.25, 0.3) is 0 Å². The second-order valence-electron chi connectivity index (χ2n) is 2.96. The van der Waals surface area contributed by atoms with Gasteiger partial charge in [0.15, 0.2) is 0 Å². The summed E-state index contributed by atoms with van der Waals surface area (Å²) >= 11 is 0. The summed E-state index contributed by atoms with van der Waals surface area (Å²) in [6.07, 6.45) is 7.12. The Morgan fingerprint density at radius 1 is 1.29 bits per heavy atom. The van der Waals surface area contributed by atoms with Gasteiger partial charge in [-0.05, 0) is 32.1 Å². The molecule has 1 aliphatic rings. The second-order valence-corrected chi connectivity index (χ2v) is 2.96. The molecule has 80 valence electrons. The van der Waals surface area contributed by atoms with Gasteiger partial charge in [0, 0.05) is 6.42 Å². The Hall–Kier alpha value is -1.05. The minimum absolute atomic E-state index is 0.152. The van der Waals surface area contributed by atoms with Gasteiger partial charge in [-0.1, -0.05) is 19.9 Å². The molecule has 0 spiro atoms. The van der Waals surface area contributed by atoms with Gasteiger partial charge < -0.3 is 4.74 Å². The van der Waals surface area contributed by atoms with Crippen LogP contribution in [0, 0.1) is 0 Å². The largest absolute Gasteiger partial charge is 0.495 e. The highest BCUT2D eigenvalue weighted by Gasteiger charge is 2.01. The summed E-state index contributed by atoms with van der Waals surface area (Å²) in [5.41, 5.74) is 0. The first kappa shape index (κ1) is 12.9. The summed E-state index contributed by atoms with van der Waals surface area (Å²) in [7, 11) is 0. The van der Waals surface area contributed by atoms with E-state index in [2.05, 4.69) is 0 Å². The molecule has 0 bridgehead atoms. The zero-order valence-corrected chi connectivity index (χ0v) is 9.38. The minimum Gasteiger partial charge on any atom is -0.495 e. The molecule has 0 amide bonds. The van der Waals surface area contributed by atoms with Crippen molar-refractivity contribution in [1.82, 2.24) is 0 Å². The van der Waals surface area contributed by atoms with E-state index in [1.165, 1.54) is 12.2 Å². The van der Waals surface area contributed by atoms with Crippen LogP contribution in [0.4, 0.5) is 4.39 Å². The third-order valence-electron chi connectivity index (χ3n) is 1.41. The van der Waals surface area contributed by atoms with Crippen molar-refractivity contribution >= 4 is 0 Å². The Bertz CT molecular complexity index is 237. The quantitative estimate of drug-likeness (QED) is 0.648. The molecule has 0 aromatic carbocycles. The Morgan fingerprint density at radius 2 is 1.93 bits per heavy atom. The molecule has 1 rings (SSSR count). The molecule has 0 saturated carbocycles. The van der Waals surface area contributed by atoms with Gasteiger partial charge in [-0.25, -0.2) is 4.39 Å². The lowest BCUT2D eigenvalue weighted by atomic mass is 10.3. The van der Waals surface area contributed by atoms with E-state index in [9.17, 15) is 4.39 Å². The molecule has 0 unspecified atom stereocenters. The SMILES string of the molecule is CC.CC(C)OC1=CC=C(F)C=CC1. The first-order chi connectivity index (χ1) is 6.68. The van der Waals surface area contributed by atoms with Gasteiger partial charge in [0.1, 0.15) is 11.6 Å². The average molecular weight is 198 g/mol. The Balaban J connectivity index is 0.000000791. The predicted octanol–water partition coefficient (Wildman–Crippen LogP) is 4.13. The summed E-state index contributed by atoms with van der Waals surface area (Å²) in [6.45, 7) is 7.91. The third-order valence-corrected chi connectivity index (χ3v) is 1.41. The van der Waals surface area contributed by atoms with Gasteiger partial charge in [-0.15, -0.1) is 0 Å². The Labute approximate surface area is 86.0 Å². The maximum absolute atomic E-state index is 12.6. The molecule has 0 aromatic rings. The Kier molecular flexibility index (Phi) is 6.81. The average Bonchev–Trinajstić information content (AvgIpc) is 2.34. The minimum atomic E-state index is -0.225. The highest BCUT2D eigenvalue weighted by atomic mass is 19.1. The third kappa shape index (κ3) is 5.57. The summed E-state index contributed by atoms with van der Waals surface area (Å²) in [6, 6.07) is 0. The van der Waals surface area contributed by atoms with Gasteiger partial charge in [0.05, 0.1) is 6.10 Å². The van der Waals surface area contributed by atoms with Crippen molar-refractivity contribution in [3.63, 3.8) is 0 Å². The van der Waals surface area contributed by atoms with Crippen LogP contribution in [0.5, 0.6) is 0 Å². The molecular formula is C12H19FO. The van der Waals surface area contributed by atoms with Crippen LogP contribution in [0.15, 0.2) is 35.9 Å². The number of ether oxygens (including phenoxy) is 1. The van der Waals surface area contributed by atoms with Crippen molar-refractivity contribution in [3.05, 3.63) is 35.9 Å². The first-order valence-corrected chi connectivity index (χ1v) is 5.08. The van der Waals surface area contributed by atoms with Crippen molar-refractivity contribution < 1.29 is 9.13 Å². The van der Waals surface area contributed by atoms with E-state index in [1.54, 1.807) is 12.2 Å². The fraction of sp³-hybridized carbons (Fsp3) is 0.500. The zero-order valence-electron chi connectivity index (χ0n) is 9.38. The summed E-state index contributed by atoms with van der Waals surface area (Å²) in [4.78, 5) is 0. The molecule has 2 heteroatoms. The fourth-order valence-corrected chi connectivity index (χ4v) is 0.974. The lowest BCUT2D eigenvalue weighted by Crippen LogP contribution is -2.01. The van der Waals surface area contributed by atoms with E-state index in [4.69, 9.17) is 4.74 Å². The number of hydrogen-bond acceptors (Lipinski definition) is 1. The maximum Gasteiger partial charge on any atom is 0.123 e. The van der Waals surface area contributed by atoms with Gasteiger partial charge in [-0.2, -0.15) is 0 Å². The molecule has 0 radical (unpaired) electrons. The van der Waals surface area contributed by atoms with E-state index in [-0.39, 0.29) is 11.9 Å². The molecule has 0 saturated heterocycles. The van der Waals surface area contributed by atoms with Gasteiger partial charge in [0.2, 0.25) is 0 Å². The highest BCUT2D eigenvalue weighted by molar-refractivity contribution is 5.24. The lowest BCUT2D eigenvalue weighted by molar-refractivity contribution is 0.144. The van der Waals surface area contributed by atoms with Crippen molar-refractivity contribution in [2.45, 2.75) is 40.2 Å². The molecule has 14 heavy (non-hydrogen) atoms. The van der Waals surface area contributed by atoms with Crippen LogP contribution in [-0.2, 0) is 4.74 Å². The van der Waals surface area contributed by atoms with Gasteiger partial charge in [0.25, 0.3) is 0 Å². The zero-order chi connectivity index (χ0) is 11.0. The Morgan fingerprint density at radius 3 is 2.50 bits per heavy atom. The first-order valence-electron chi connectivity index (χ1n) is 5.08. The normalized spacial score (nSPS) is 15.0. The number of hydrogen-bond donors (Lipinski definition) is 0. The molecular weight excluding hydrogens is 179 g/mol. The van der Waals surface area contributed by atoms with Crippen molar-refractivity contribution in [2.75, 3.05) is 0 Å². The second kappa shape index (κ2) is 7.36. The summed E-state index contributed by atoms with van der Waals surface area (Å²) in [5, 5.41) is 0. The molecule has 0 heterocycles. The van der Waals surface area contributed by atoms with Crippen molar-refractivity contribution in [3.8, 4) is 0 Å². The molecule has 1 nitrogen and oxygen atoms in total. The predicted molar refractivity (Wildman–Crippen MR) is 58.6 cm³/mol. The number of rotatable bonds is 2. The molecule has 1 aliphatic carbocycles. The summed E-state index contributed by atoms with van der Waals surface area (Å²) in [5.74, 6) is 0.589. The monoisotopic (exact) mass is 198 g/mol.